The monoisotopic (exact) mass is 210 g/mol. The lowest BCUT2D eigenvalue weighted by atomic mass is 10.2. The van der Waals surface area contributed by atoms with E-state index in [1.807, 2.05) is 6.07 Å². The third-order valence-electron chi connectivity index (χ3n) is 2.84. The van der Waals surface area contributed by atoms with Gasteiger partial charge < -0.3 is 14.6 Å². The maximum Gasteiger partial charge on any atom is 0.332 e. The summed E-state index contributed by atoms with van der Waals surface area (Å²) in [5.74, 6) is 1.39. The second kappa shape index (κ2) is 3.70. The molecule has 1 aromatic rings. The van der Waals surface area contributed by atoms with Crippen LogP contribution >= 0.6 is 0 Å². The van der Waals surface area contributed by atoms with Crippen molar-refractivity contribution >= 4 is 5.97 Å². The van der Waals surface area contributed by atoms with Crippen LogP contribution in [0.3, 0.4) is 0 Å². The Morgan fingerprint density at radius 1 is 1.67 bits per heavy atom. The third kappa shape index (κ3) is 2.21. The Hall–Kier alpha value is -1.29. The molecule has 1 saturated carbocycles. The van der Waals surface area contributed by atoms with Gasteiger partial charge in [0.15, 0.2) is 6.10 Å². The van der Waals surface area contributed by atoms with Gasteiger partial charge in [0.25, 0.3) is 0 Å². The number of aliphatic hydroxyl groups excluding tert-OH is 1. The van der Waals surface area contributed by atoms with E-state index < -0.39 is 12.1 Å². The molecule has 82 valence electrons. The van der Waals surface area contributed by atoms with E-state index in [0.29, 0.717) is 17.6 Å². The van der Waals surface area contributed by atoms with E-state index in [4.69, 9.17) is 14.6 Å². The van der Waals surface area contributed by atoms with Crippen LogP contribution in [0, 0.1) is 5.92 Å². The Bertz CT molecular complexity index is 368. The minimum Gasteiger partial charge on any atom is -0.479 e. The van der Waals surface area contributed by atoms with Crippen molar-refractivity contribution in [1.29, 1.82) is 0 Å². The summed E-state index contributed by atoms with van der Waals surface area (Å²) in [5.41, 5.74) is 0. The van der Waals surface area contributed by atoms with Gasteiger partial charge in [-0.15, -0.1) is 0 Å². The summed E-state index contributed by atoms with van der Waals surface area (Å²) in [6, 6.07) is 3.62. The summed E-state index contributed by atoms with van der Waals surface area (Å²) in [6.45, 7) is 2.15. The molecule has 0 saturated heterocycles. The molecule has 3 unspecified atom stereocenters. The van der Waals surface area contributed by atoms with Crippen LogP contribution in [-0.2, 0) is 11.2 Å². The van der Waals surface area contributed by atoms with E-state index in [0.717, 1.165) is 12.2 Å². The molecule has 1 aliphatic rings. The quantitative estimate of drug-likeness (QED) is 0.787. The van der Waals surface area contributed by atoms with E-state index in [1.54, 1.807) is 6.07 Å². The zero-order chi connectivity index (χ0) is 11.0. The van der Waals surface area contributed by atoms with Crippen molar-refractivity contribution in [2.45, 2.75) is 31.8 Å². The Morgan fingerprint density at radius 2 is 2.33 bits per heavy atom. The molecule has 0 aromatic carbocycles. The van der Waals surface area contributed by atoms with Gasteiger partial charge in [-0.3, -0.25) is 0 Å². The lowest BCUT2D eigenvalue weighted by Crippen LogP contribution is -2.21. The highest BCUT2D eigenvalue weighted by molar-refractivity contribution is 5.72. The van der Waals surface area contributed by atoms with Gasteiger partial charge in [0.1, 0.15) is 11.5 Å². The highest BCUT2D eigenvalue weighted by atomic mass is 16.4. The van der Waals surface area contributed by atoms with E-state index >= 15 is 0 Å². The summed E-state index contributed by atoms with van der Waals surface area (Å²) < 4.78 is 5.48. The van der Waals surface area contributed by atoms with Gasteiger partial charge in [-0.1, -0.05) is 6.92 Å². The van der Waals surface area contributed by atoms with Crippen LogP contribution in [0.25, 0.3) is 0 Å². The molecule has 4 heteroatoms. The molecule has 2 rings (SSSR count). The van der Waals surface area contributed by atoms with Crippen molar-refractivity contribution in [2.75, 3.05) is 0 Å². The number of hydrogen-bond acceptors (Lipinski definition) is 3. The maximum atomic E-state index is 10.4. The molecule has 1 aliphatic carbocycles. The first kappa shape index (κ1) is 10.2. The second-order valence-electron chi connectivity index (χ2n) is 4.18. The summed E-state index contributed by atoms with van der Waals surface area (Å²) in [4.78, 5) is 10.4. The molecule has 15 heavy (non-hydrogen) atoms. The fourth-order valence-electron chi connectivity index (χ4n) is 1.70. The molecule has 1 heterocycles. The summed E-state index contributed by atoms with van der Waals surface area (Å²) >= 11 is 0. The molecule has 2 N–H and O–H groups in total. The van der Waals surface area contributed by atoms with Crippen LogP contribution in [0.5, 0.6) is 0 Å². The van der Waals surface area contributed by atoms with Crippen LogP contribution in [0.1, 0.15) is 30.8 Å². The molecule has 1 aromatic heterocycles. The van der Waals surface area contributed by atoms with Gasteiger partial charge in [0.05, 0.1) is 0 Å². The first-order valence-electron chi connectivity index (χ1n) is 5.07. The van der Waals surface area contributed by atoms with Gasteiger partial charge in [0, 0.05) is 12.3 Å². The minimum absolute atomic E-state index is 0.0381. The molecular formula is C11H14O4. The Labute approximate surface area is 87.5 Å². The van der Waals surface area contributed by atoms with Crippen molar-refractivity contribution in [1.82, 2.24) is 0 Å². The Morgan fingerprint density at radius 3 is 2.87 bits per heavy atom. The number of rotatable bonds is 4. The lowest BCUT2D eigenvalue weighted by molar-refractivity contribution is -0.146. The summed E-state index contributed by atoms with van der Waals surface area (Å²) in [7, 11) is 0. The van der Waals surface area contributed by atoms with E-state index in [-0.39, 0.29) is 6.42 Å². The number of carboxylic acids is 1. The van der Waals surface area contributed by atoms with Crippen molar-refractivity contribution in [3.8, 4) is 0 Å². The average molecular weight is 210 g/mol. The molecular weight excluding hydrogens is 196 g/mol. The largest absolute Gasteiger partial charge is 0.479 e. The zero-order valence-electron chi connectivity index (χ0n) is 8.51. The molecule has 0 aliphatic heterocycles. The van der Waals surface area contributed by atoms with Crippen LogP contribution in [0.4, 0.5) is 0 Å². The number of carbonyl (C=O) groups is 1. The molecule has 0 spiro atoms. The molecule has 1 fully saturated rings. The van der Waals surface area contributed by atoms with Gasteiger partial charge >= 0.3 is 5.97 Å². The normalized spacial score (nSPS) is 26.3. The number of furan rings is 1. The number of hydrogen-bond donors (Lipinski definition) is 2. The van der Waals surface area contributed by atoms with Gasteiger partial charge in [0.2, 0.25) is 0 Å². The van der Waals surface area contributed by atoms with Gasteiger partial charge in [-0.2, -0.15) is 0 Å². The fraction of sp³-hybridized carbons (Fsp3) is 0.545. The minimum atomic E-state index is -1.37. The molecule has 0 radical (unpaired) electrons. The van der Waals surface area contributed by atoms with Crippen LogP contribution in [0.2, 0.25) is 0 Å². The first-order chi connectivity index (χ1) is 7.08. The first-order valence-corrected chi connectivity index (χ1v) is 5.07. The lowest BCUT2D eigenvalue weighted by Gasteiger charge is -2.01. The molecule has 3 atom stereocenters. The smallest absolute Gasteiger partial charge is 0.332 e. The zero-order valence-corrected chi connectivity index (χ0v) is 8.51. The predicted octanol–water partition coefficient (Wildman–Crippen LogP) is 1.39. The Balaban J connectivity index is 1.98. The number of carboxylic acid groups (broad SMARTS) is 1. The van der Waals surface area contributed by atoms with E-state index in [1.165, 1.54) is 0 Å². The second-order valence-corrected chi connectivity index (χ2v) is 4.18. The topological polar surface area (TPSA) is 70.7 Å². The average Bonchev–Trinajstić information content (AvgIpc) is 2.73. The van der Waals surface area contributed by atoms with Crippen LogP contribution in [-0.4, -0.2) is 22.3 Å². The number of aliphatic hydroxyl groups is 1. The molecule has 0 amide bonds. The van der Waals surface area contributed by atoms with E-state index in [2.05, 4.69) is 6.92 Å². The highest BCUT2D eigenvalue weighted by Crippen LogP contribution is 2.47. The SMILES string of the molecule is CC1CC1c1ccc(CC(O)C(=O)O)o1. The fourth-order valence-corrected chi connectivity index (χ4v) is 1.70. The van der Waals surface area contributed by atoms with Crippen molar-refractivity contribution in [3.63, 3.8) is 0 Å². The Kier molecular flexibility index (Phi) is 2.52. The summed E-state index contributed by atoms with van der Waals surface area (Å²) in [6.07, 6.45) is -0.203. The number of aliphatic carboxylic acids is 1. The van der Waals surface area contributed by atoms with E-state index in [9.17, 15) is 4.79 Å². The summed E-state index contributed by atoms with van der Waals surface area (Å²) in [5, 5.41) is 17.7. The van der Waals surface area contributed by atoms with Crippen molar-refractivity contribution in [2.24, 2.45) is 5.92 Å². The third-order valence-corrected chi connectivity index (χ3v) is 2.84. The van der Waals surface area contributed by atoms with Crippen molar-refractivity contribution in [3.05, 3.63) is 23.7 Å². The van der Waals surface area contributed by atoms with Crippen molar-refractivity contribution < 1.29 is 19.4 Å². The van der Waals surface area contributed by atoms with Gasteiger partial charge in [-0.05, 0) is 24.5 Å². The highest BCUT2D eigenvalue weighted by Gasteiger charge is 2.36. The van der Waals surface area contributed by atoms with Crippen LogP contribution in [0.15, 0.2) is 16.5 Å². The standard InChI is InChI=1S/C11H14O4/c1-6-4-8(6)10-3-2-7(15-10)5-9(12)11(13)14/h2-3,6,8-9,12H,4-5H2,1H3,(H,13,14). The van der Waals surface area contributed by atoms with Crippen LogP contribution < -0.4 is 0 Å². The molecule has 4 nitrogen and oxygen atoms in total. The van der Waals surface area contributed by atoms with Gasteiger partial charge in [-0.25, -0.2) is 4.79 Å². The maximum absolute atomic E-state index is 10.4. The molecule has 0 bridgehead atoms. The predicted molar refractivity (Wildman–Crippen MR) is 52.6 cm³/mol.